The number of hydrogen-bond acceptors (Lipinski definition) is 3. The van der Waals surface area contributed by atoms with Crippen molar-refractivity contribution in [2.75, 3.05) is 20.1 Å². The van der Waals surface area contributed by atoms with E-state index in [0.29, 0.717) is 19.5 Å². The lowest BCUT2D eigenvalue weighted by Crippen LogP contribution is -2.59. The van der Waals surface area contributed by atoms with Crippen LogP contribution in [-0.2, 0) is 4.79 Å². The van der Waals surface area contributed by atoms with Crippen molar-refractivity contribution < 1.29 is 14.7 Å². The monoisotopic (exact) mass is 285 g/mol. The molecule has 0 saturated carbocycles. The first kappa shape index (κ1) is 16.8. The number of rotatable bonds is 5. The van der Waals surface area contributed by atoms with Gasteiger partial charge >= 0.3 is 12.0 Å². The zero-order valence-corrected chi connectivity index (χ0v) is 12.9. The van der Waals surface area contributed by atoms with Gasteiger partial charge in [-0.3, -0.25) is 4.90 Å². The lowest BCUT2D eigenvalue weighted by Gasteiger charge is -2.42. The first-order valence-corrected chi connectivity index (χ1v) is 7.37. The Hall–Kier alpha value is -1.30. The Labute approximate surface area is 121 Å². The molecule has 1 saturated heterocycles. The van der Waals surface area contributed by atoms with Gasteiger partial charge in [0, 0.05) is 25.2 Å². The molecule has 1 aliphatic rings. The van der Waals surface area contributed by atoms with Gasteiger partial charge in [-0.15, -0.1) is 0 Å². The molecule has 2 amide bonds. The SMILES string of the molecule is CCCCC(NC(=O)N1CC(C)N(C)C(C)C1)C(=O)O. The molecular formula is C14H27N3O3. The second-order valence-corrected chi connectivity index (χ2v) is 5.75. The van der Waals surface area contributed by atoms with Gasteiger partial charge in [-0.1, -0.05) is 19.8 Å². The van der Waals surface area contributed by atoms with Crippen molar-refractivity contribution in [1.29, 1.82) is 0 Å². The van der Waals surface area contributed by atoms with Gasteiger partial charge in [0.25, 0.3) is 0 Å². The molecule has 0 aromatic carbocycles. The third-order valence-corrected chi connectivity index (χ3v) is 4.09. The van der Waals surface area contributed by atoms with E-state index in [-0.39, 0.29) is 18.1 Å². The Morgan fingerprint density at radius 2 is 1.85 bits per heavy atom. The number of hydrogen-bond donors (Lipinski definition) is 2. The molecule has 1 heterocycles. The number of piperazine rings is 1. The highest BCUT2D eigenvalue weighted by molar-refractivity contribution is 5.82. The van der Waals surface area contributed by atoms with Crippen molar-refractivity contribution in [3.8, 4) is 0 Å². The Morgan fingerprint density at radius 1 is 1.30 bits per heavy atom. The molecule has 0 radical (unpaired) electrons. The van der Waals surface area contributed by atoms with Crippen LogP contribution in [0.2, 0.25) is 0 Å². The molecule has 3 atom stereocenters. The molecule has 2 N–H and O–H groups in total. The third-order valence-electron chi connectivity index (χ3n) is 4.09. The first-order valence-electron chi connectivity index (χ1n) is 7.37. The standard InChI is InChI=1S/C14H27N3O3/c1-5-6-7-12(13(18)19)15-14(20)17-8-10(2)16(4)11(3)9-17/h10-12H,5-9H2,1-4H3,(H,15,20)(H,18,19). The summed E-state index contributed by atoms with van der Waals surface area (Å²) in [5.41, 5.74) is 0. The van der Waals surface area contributed by atoms with Gasteiger partial charge in [-0.05, 0) is 27.3 Å². The number of unbranched alkanes of at least 4 members (excludes halogenated alkanes) is 1. The smallest absolute Gasteiger partial charge is 0.326 e. The van der Waals surface area contributed by atoms with E-state index in [2.05, 4.69) is 24.1 Å². The van der Waals surface area contributed by atoms with Gasteiger partial charge in [0.15, 0.2) is 0 Å². The number of carbonyl (C=O) groups is 2. The summed E-state index contributed by atoms with van der Waals surface area (Å²) in [4.78, 5) is 27.3. The number of amides is 2. The van der Waals surface area contributed by atoms with Gasteiger partial charge in [0.05, 0.1) is 0 Å². The molecule has 0 aromatic heterocycles. The minimum atomic E-state index is -0.956. The van der Waals surface area contributed by atoms with Crippen molar-refractivity contribution in [3.63, 3.8) is 0 Å². The average molecular weight is 285 g/mol. The van der Waals surface area contributed by atoms with E-state index >= 15 is 0 Å². The molecule has 0 aromatic rings. The Morgan fingerprint density at radius 3 is 2.30 bits per heavy atom. The van der Waals surface area contributed by atoms with E-state index < -0.39 is 12.0 Å². The van der Waals surface area contributed by atoms with Crippen molar-refractivity contribution >= 4 is 12.0 Å². The van der Waals surface area contributed by atoms with E-state index in [9.17, 15) is 9.59 Å². The Bertz CT molecular complexity index is 337. The number of carbonyl (C=O) groups excluding carboxylic acids is 1. The number of nitrogens with zero attached hydrogens (tertiary/aromatic N) is 2. The van der Waals surface area contributed by atoms with Gasteiger partial charge in [-0.25, -0.2) is 9.59 Å². The molecule has 20 heavy (non-hydrogen) atoms. The zero-order chi connectivity index (χ0) is 15.3. The summed E-state index contributed by atoms with van der Waals surface area (Å²) < 4.78 is 0. The molecule has 0 bridgehead atoms. The number of urea groups is 1. The predicted octanol–water partition coefficient (Wildman–Crippen LogP) is 1.36. The molecule has 1 rings (SSSR count). The van der Waals surface area contributed by atoms with E-state index in [0.717, 1.165) is 12.8 Å². The highest BCUT2D eigenvalue weighted by atomic mass is 16.4. The summed E-state index contributed by atoms with van der Waals surface area (Å²) in [5.74, 6) is -0.956. The molecule has 3 unspecified atom stereocenters. The fraction of sp³-hybridized carbons (Fsp3) is 0.857. The minimum Gasteiger partial charge on any atom is -0.480 e. The van der Waals surface area contributed by atoms with Crippen LogP contribution in [0.25, 0.3) is 0 Å². The Balaban J connectivity index is 2.58. The highest BCUT2D eigenvalue weighted by Crippen LogP contribution is 2.13. The van der Waals surface area contributed by atoms with Crippen LogP contribution in [-0.4, -0.2) is 65.2 Å². The van der Waals surface area contributed by atoms with Crippen molar-refractivity contribution in [2.45, 2.75) is 58.2 Å². The fourth-order valence-electron chi connectivity index (χ4n) is 2.48. The lowest BCUT2D eigenvalue weighted by atomic mass is 10.1. The van der Waals surface area contributed by atoms with E-state index in [1.165, 1.54) is 0 Å². The average Bonchev–Trinajstić information content (AvgIpc) is 2.39. The van der Waals surface area contributed by atoms with Gasteiger partial charge < -0.3 is 15.3 Å². The molecule has 1 aliphatic heterocycles. The number of aliphatic carboxylic acids is 1. The van der Waals surface area contributed by atoms with Crippen LogP contribution in [0.5, 0.6) is 0 Å². The zero-order valence-electron chi connectivity index (χ0n) is 12.9. The normalized spacial score (nSPS) is 25.3. The van der Waals surface area contributed by atoms with E-state index in [1.807, 2.05) is 14.0 Å². The summed E-state index contributed by atoms with van der Waals surface area (Å²) in [7, 11) is 2.05. The fourth-order valence-corrected chi connectivity index (χ4v) is 2.48. The second kappa shape index (κ2) is 7.47. The Kier molecular flexibility index (Phi) is 6.26. The first-order chi connectivity index (χ1) is 9.36. The summed E-state index contributed by atoms with van der Waals surface area (Å²) >= 11 is 0. The van der Waals surface area contributed by atoms with Crippen LogP contribution in [0, 0.1) is 0 Å². The van der Waals surface area contributed by atoms with E-state index in [4.69, 9.17) is 5.11 Å². The van der Waals surface area contributed by atoms with E-state index in [1.54, 1.807) is 4.90 Å². The van der Waals surface area contributed by atoms with Crippen LogP contribution in [0.1, 0.15) is 40.0 Å². The number of carboxylic acid groups (broad SMARTS) is 1. The van der Waals surface area contributed by atoms with Gasteiger partial charge in [0.1, 0.15) is 6.04 Å². The molecular weight excluding hydrogens is 258 g/mol. The summed E-state index contributed by atoms with van der Waals surface area (Å²) in [6, 6.07) is -0.486. The molecule has 1 fully saturated rings. The number of likely N-dealkylation sites (N-methyl/N-ethyl adjacent to an activating group) is 1. The molecule has 0 spiro atoms. The maximum absolute atomic E-state index is 12.2. The third kappa shape index (κ3) is 4.37. The maximum Gasteiger partial charge on any atom is 0.326 e. The number of nitrogens with one attached hydrogen (secondary N) is 1. The molecule has 116 valence electrons. The maximum atomic E-state index is 12.2. The van der Waals surface area contributed by atoms with Crippen molar-refractivity contribution in [1.82, 2.24) is 15.1 Å². The van der Waals surface area contributed by atoms with Crippen LogP contribution in [0.3, 0.4) is 0 Å². The van der Waals surface area contributed by atoms with Crippen molar-refractivity contribution in [3.05, 3.63) is 0 Å². The molecule has 0 aliphatic carbocycles. The van der Waals surface area contributed by atoms with Crippen LogP contribution < -0.4 is 5.32 Å². The second-order valence-electron chi connectivity index (χ2n) is 5.75. The van der Waals surface area contributed by atoms with Crippen LogP contribution in [0.4, 0.5) is 4.79 Å². The summed E-state index contributed by atoms with van der Waals surface area (Å²) in [6.07, 6.45) is 2.20. The predicted molar refractivity (Wildman–Crippen MR) is 77.7 cm³/mol. The van der Waals surface area contributed by atoms with Crippen molar-refractivity contribution in [2.24, 2.45) is 0 Å². The largest absolute Gasteiger partial charge is 0.480 e. The summed E-state index contributed by atoms with van der Waals surface area (Å²) in [6.45, 7) is 7.41. The van der Waals surface area contributed by atoms with Gasteiger partial charge in [-0.2, -0.15) is 0 Å². The quantitative estimate of drug-likeness (QED) is 0.800. The van der Waals surface area contributed by atoms with Crippen LogP contribution in [0.15, 0.2) is 0 Å². The van der Waals surface area contributed by atoms with Crippen LogP contribution >= 0.6 is 0 Å². The lowest BCUT2D eigenvalue weighted by molar-refractivity contribution is -0.139. The number of carboxylic acids is 1. The van der Waals surface area contributed by atoms with Gasteiger partial charge in [0.2, 0.25) is 0 Å². The highest BCUT2D eigenvalue weighted by Gasteiger charge is 2.31. The minimum absolute atomic E-state index is 0.264. The molecule has 6 nitrogen and oxygen atoms in total. The summed E-state index contributed by atoms with van der Waals surface area (Å²) in [5, 5.41) is 11.8. The molecule has 6 heteroatoms. The topological polar surface area (TPSA) is 72.9 Å².